The number of amides is 1. The van der Waals surface area contributed by atoms with E-state index in [4.69, 9.17) is 10.5 Å². The topological polar surface area (TPSA) is 55.6 Å². The highest BCUT2D eigenvalue weighted by Gasteiger charge is 2.45. The second-order valence-corrected chi connectivity index (χ2v) is 5.39. The summed E-state index contributed by atoms with van der Waals surface area (Å²) in [5.41, 5.74) is 6.35. The average molecular weight is 316 g/mol. The molecule has 0 aromatic heterocycles. The summed E-state index contributed by atoms with van der Waals surface area (Å²) in [6, 6.07) is 8.47. The second kappa shape index (κ2) is 7.00. The average Bonchev–Trinajstić information content (AvgIpc) is 2.52. The van der Waals surface area contributed by atoms with Crippen LogP contribution in [0, 0.1) is 5.92 Å². The molecule has 0 aliphatic carbocycles. The van der Waals surface area contributed by atoms with Crippen LogP contribution in [0.4, 0.5) is 18.0 Å². The maximum atomic E-state index is 12.8. The summed E-state index contributed by atoms with van der Waals surface area (Å²) in [4.78, 5) is 13.4. The molecule has 1 aliphatic heterocycles. The van der Waals surface area contributed by atoms with Gasteiger partial charge in [-0.15, -0.1) is 0 Å². The number of benzene rings is 1. The van der Waals surface area contributed by atoms with Crippen molar-refractivity contribution in [2.45, 2.75) is 31.7 Å². The molecule has 1 heterocycles. The van der Waals surface area contributed by atoms with Gasteiger partial charge >= 0.3 is 12.3 Å². The molecule has 2 atom stereocenters. The Kier molecular flexibility index (Phi) is 5.28. The Bertz CT molecular complexity index is 493. The van der Waals surface area contributed by atoms with Crippen molar-refractivity contribution < 1.29 is 22.7 Å². The Balaban J connectivity index is 1.92. The molecule has 122 valence electrons. The highest BCUT2D eigenvalue weighted by molar-refractivity contribution is 5.68. The van der Waals surface area contributed by atoms with Crippen LogP contribution in [0.2, 0.25) is 0 Å². The number of halogens is 3. The van der Waals surface area contributed by atoms with E-state index in [2.05, 4.69) is 0 Å². The highest BCUT2D eigenvalue weighted by Crippen LogP contribution is 2.36. The van der Waals surface area contributed by atoms with Crippen LogP contribution in [0.25, 0.3) is 0 Å². The van der Waals surface area contributed by atoms with Crippen molar-refractivity contribution in [2.24, 2.45) is 11.7 Å². The molecule has 1 saturated heterocycles. The molecule has 2 rings (SSSR count). The fourth-order valence-electron chi connectivity index (χ4n) is 2.61. The maximum Gasteiger partial charge on any atom is 0.410 e. The zero-order valence-electron chi connectivity index (χ0n) is 12.1. The first kappa shape index (κ1) is 16.6. The van der Waals surface area contributed by atoms with Crippen LogP contribution in [0.1, 0.15) is 18.4 Å². The molecule has 0 radical (unpaired) electrons. The van der Waals surface area contributed by atoms with Gasteiger partial charge in [-0.1, -0.05) is 30.3 Å². The van der Waals surface area contributed by atoms with E-state index in [1.54, 1.807) is 0 Å². The van der Waals surface area contributed by atoms with Gasteiger partial charge in [0.2, 0.25) is 0 Å². The molecule has 0 spiro atoms. The lowest BCUT2D eigenvalue weighted by Gasteiger charge is -2.38. The van der Waals surface area contributed by atoms with Crippen LogP contribution in [0.5, 0.6) is 0 Å². The molecule has 1 amide bonds. The molecule has 1 fully saturated rings. The van der Waals surface area contributed by atoms with Crippen LogP contribution in [-0.4, -0.2) is 36.3 Å². The number of hydrogen-bond acceptors (Lipinski definition) is 3. The molecule has 0 unspecified atom stereocenters. The van der Waals surface area contributed by atoms with E-state index in [-0.39, 0.29) is 32.5 Å². The van der Waals surface area contributed by atoms with Gasteiger partial charge in [0.15, 0.2) is 0 Å². The first-order chi connectivity index (χ1) is 10.4. The SMILES string of the molecule is NC[C@@H]1C[C@H](C(F)(F)F)CCN1C(=O)OCc1ccccc1. The summed E-state index contributed by atoms with van der Waals surface area (Å²) in [6.45, 7) is 0.100. The van der Waals surface area contributed by atoms with Crippen molar-refractivity contribution >= 4 is 6.09 Å². The van der Waals surface area contributed by atoms with E-state index >= 15 is 0 Å². The third-order valence-electron chi connectivity index (χ3n) is 3.89. The molecule has 22 heavy (non-hydrogen) atoms. The first-order valence-electron chi connectivity index (χ1n) is 7.16. The molecule has 0 saturated carbocycles. The smallest absolute Gasteiger partial charge is 0.410 e. The molecule has 1 aromatic rings. The van der Waals surface area contributed by atoms with Crippen molar-refractivity contribution in [2.75, 3.05) is 13.1 Å². The van der Waals surface area contributed by atoms with Gasteiger partial charge in [-0.05, 0) is 18.4 Å². The quantitative estimate of drug-likeness (QED) is 0.933. The number of hydrogen-bond donors (Lipinski definition) is 1. The molecule has 7 heteroatoms. The predicted molar refractivity (Wildman–Crippen MR) is 75.0 cm³/mol. The van der Waals surface area contributed by atoms with Crippen molar-refractivity contribution in [3.8, 4) is 0 Å². The minimum absolute atomic E-state index is 0.00693. The van der Waals surface area contributed by atoms with Gasteiger partial charge in [0.1, 0.15) is 6.61 Å². The Morgan fingerprint density at radius 3 is 2.59 bits per heavy atom. The normalized spacial score (nSPS) is 22.5. The molecule has 1 aromatic carbocycles. The summed E-state index contributed by atoms with van der Waals surface area (Å²) in [5.74, 6) is -1.40. The number of carbonyl (C=O) groups excluding carboxylic acids is 1. The summed E-state index contributed by atoms with van der Waals surface area (Å²) >= 11 is 0. The summed E-state index contributed by atoms with van der Waals surface area (Å²) in [7, 11) is 0. The van der Waals surface area contributed by atoms with Gasteiger partial charge in [-0.25, -0.2) is 4.79 Å². The lowest BCUT2D eigenvalue weighted by atomic mass is 9.90. The van der Waals surface area contributed by atoms with Crippen molar-refractivity contribution in [3.63, 3.8) is 0 Å². The highest BCUT2D eigenvalue weighted by atomic mass is 19.4. The number of alkyl halides is 3. The predicted octanol–water partition coefficient (Wildman–Crippen LogP) is 2.92. The molecular weight excluding hydrogens is 297 g/mol. The zero-order chi connectivity index (χ0) is 16.2. The number of rotatable bonds is 3. The molecule has 0 bridgehead atoms. The van der Waals surface area contributed by atoms with Gasteiger partial charge in [-0.3, -0.25) is 0 Å². The van der Waals surface area contributed by atoms with E-state index in [9.17, 15) is 18.0 Å². The number of carbonyl (C=O) groups is 1. The summed E-state index contributed by atoms with van der Waals surface area (Å²) in [6.07, 6.45) is -5.13. The Labute approximate surface area is 127 Å². The fourth-order valence-corrected chi connectivity index (χ4v) is 2.61. The number of nitrogens with two attached hydrogens (primary N) is 1. The minimum atomic E-state index is -4.24. The third-order valence-corrected chi connectivity index (χ3v) is 3.89. The fraction of sp³-hybridized carbons (Fsp3) is 0.533. The van der Waals surface area contributed by atoms with Crippen molar-refractivity contribution in [1.82, 2.24) is 4.90 Å². The van der Waals surface area contributed by atoms with Crippen LogP contribution >= 0.6 is 0 Å². The second-order valence-electron chi connectivity index (χ2n) is 5.39. The van der Waals surface area contributed by atoms with Gasteiger partial charge in [0, 0.05) is 19.1 Å². The van der Waals surface area contributed by atoms with Crippen LogP contribution in [-0.2, 0) is 11.3 Å². The van der Waals surface area contributed by atoms with E-state index in [1.165, 1.54) is 4.90 Å². The number of likely N-dealkylation sites (tertiary alicyclic amines) is 1. The summed E-state index contributed by atoms with van der Waals surface area (Å²) < 4.78 is 43.5. The maximum absolute atomic E-state index is 12.8. The lowest BCUT2D eigenvalue weighted by molar-refractivity contribution is -0.188. The van der Waals surface area contributed by atoms with E-state index in [1.807, 2.05) is 30.3 Å². The Hall–Kier alpha value is -1.76. The Morgan fingerprint density at radius 1 is 1.32 bits per heavy atom. The van der Waals surface area contributed by atoms with Crippen LogP contribution < -0.4 is 5.73 Å². The first-order valence-corrected chi connectivity index (χ1v) is 7.16. The molecular formula is C15H19F3N2O2. The van der Waals surface area contributed by atoms with Crippen LogP contribution in [0.3, 0.4) is 0 Å². The Morgan fingerprint density at radius 2 is 2.00 bits per heavy atom. The van der Waals surface area contributed by atoms with Crippen molar-refractivity contribution in [3.05, 3.63) is 35.9 Å². The van der Waals surface area contributed by atoms with E-state index in [0.717, 1.165) is 5.56 Å². The lowest BCUT2D eigenvalue weighted by Crippen LogP contribution is -2.51. The third kappa shape index (κ3) is 4.13. The monoisotopic (exact) mass is 316 g/mol. The van der Waals surface area contributed by atoms with Gasteiger partial charge < -0.3 is 15.4 Å². The minimum Gasteiger partial charge on any atom is -0.445 e. The van der Waals surface area contributed by atoms with Gasteiger partial charge in [0.25, 0.3) is 0 Å². The molecule has 4 nitrogen and oxygen atoms in total. The van der Waals surface area contributed by atoms with Gasteiger partial charge in [-0.2, -0.15) is 13.2 Å². The van der Waals surface area contributed by atoms with E-state index in [0.29, 0.717) is 0 Å². The largest absolute Gasteiger partial charge is 0.445 e. The number of nitrogens with zero attached hydrogens (tertiary/aromatic N) is 1. The summed E-state index contributed by atoms with van der Waals surface area (Å²) in [5, 5.41) is 0. The van der Waals surface area contributed by atoms with E-state index < -0.39 is 24.2 Å². The standard InChI is InChI=1S/C15H19F3N2O2/c16-15(17,18)12-6-7-20(13(8-12)9-19)14(21)22-10-11-4-2-1-3-5-11/h1-5,12-13H,6-10,19H2/t12-,13+/m1/s1. The number of piperidine rings is 1. The van der Waals surface area contributed by atoms with Gasteiger partial charge in [0.05, 0.1) is 5.92 Å². The van der Waals surface area contributed by atoms with Crippen molar-refractivity contribution in [1.29, 1.82) is 0 Å². The number of ether oxygens (including phenoxy) is 1. The molecule has 1 aliphatic rings. The zero-order valence-corrected chi connectivity index (χ0v) is 12.1. The molecule has 2 N–H and O–H groups in total. The van der Waals surface area contributed by atoms with Crippen LogP contribution in [0.15, 0.2) is 30.3 Å².